The summed E-state index contributed by atoms with van der Waals surface area (Å²) in [5.74, 6) is 1.13. The lowest BCUT2D eigenvalue weighted by Crippen LogP contribution is -2.28. The molecule has 0 spiro atoms. The topological polar surface area (TPSA) is 32.3 Å². The molecule has 2 N–H and O–H groups in total. The molecular weight excluding hydrogens is 242 g/mol. The van der Waals surface area contributed by atoms with Crippen LogP contribution in [0.15, 0.2) is 29.2 Å². The summed E-state index contributed by atoms with van der Waals surface area (Å²) in [6.07, 6.45) is 3.43. The van der Waals surface area contributed by atoms with Gasteiger partial charge in [-0.15, -0.1) is 11.8 Å². The number of thioether (sulfide) groups is 1. The molecule has 0 amide bonds. The zero-order valence-electron chi connectivity index (χ0n) is 11.1. The molecule has 1 aliphatic carbocycles. The number of rotatable bonds is 8. The molecular formula is C15H23NOS. The van der Waals surface area contributed by atoms with Gasteiger partial charge in [-0.25, -0.2) is 0 Å². The smallest absolute Gasteiger partial charge is 0.0499 e. The van der Waals surface area contributed by atoms with Gasteiger partial charge in [-0.3, -0.25) is 0 Å². The van der Waals surface area contributed by atoms with E-state index in [0.29, 0.717) is 6.61 Å². The summed E-state index contributed by atoms with van der Waals surface area (Å²) in [4.78, 5) is 1.35. The molecule has 2 nitrogen and oxygen atoms in total. The Morgan fingerprint density at radius 3 is 2.56 bits per heavy atom. The summed E-state index contributed by atoms with van der Waals surface area (Å²) in [6, 6.07) is 8.86. The lowest BCUT2D eigenvalue weighted by Gasteiger charge is -2.12. The van der Waals surface area contributed by atoms with Gasteiger partial charge in [0.05, 0.1) is 0 Å². The average molecular weight is 265 g/mol. The molecule has 1 aromatic carbocycles. The van der Waals surface area contributed by atoms with Crippen molar-refractivity contribution in [3.63, 3.8) is 0 Å². The van der Waals surface area contributed by atoms with Crippen LogP contribution < -0.4 is 5.32 Å². The van der Waals surface area contributed by atoms with Crippen molar-refractivity contribution in [2.45, 2.75) is 31.1 Å². The number of hydrogen-bond donors (Lipinski definition) is 2. The van der Waals surface area contributed by atoms with E-state index in [1.54, 1.807) is 0 Å². The first-order chi connectivity index (χ1) is 8.78. The van der Waals surface area contributed by atoms with E-state index < -0.39 is 0 Å². The molecule has 0 radical (unpaired) electrons. The van der Waals surface area contributed by atoms with Crippen LogP contribution in [0.2, 0.25) is 0 Å². The van der Waals surface area contributed by atoms with E-state index in [2.05, 4.69) is 36.5 Å². The van der Waals surface area contributed by atoms with E-state index in [9.17, 15) is 5.11 Å². The molecule has 18 heavy (non-hydrogen) atoms. The van der Waals surface area contributed by atoms with Crippen molar-refractivity contribution in [1.82, 2.24) is 5.32 Å². The first-order valence-corrected chi connectivity index (χ1v) is 7.80. The Morgan fingerprint density at radius 2 is 2.00 bits per heavy atom. The van der Waals surface area contributed by atoms with E-state index in [0.717, 1.165) is 25.3 Å². The number of hydrogen-bond acceptors (Lipinski definition) is 3. The lowest BCUT2D eigenvalue weighted by atomic mass is 10.1. The van der Waals surface area contributed by atoms with Gasteiger partial charge in [0.2, 0.25) is 0 Å². The van der Waals surface area contributed by atoms with Gasteiger partial charge < -0.3 is 10.4 Å². The Balaban J connectivity index is 1.67. The molecule has 2 rings (SSSR count). The van der Waals surface area contributed by atoms with Gasteiger partial charge in [0.25, 0.3) is 0 Å². The molecule has 100 valence electrons. The lowest BCUT2D eigenvalue weighted by molar-refractivity contribution is 0.208. The van der Waals surface area contributed by atoms with Crippen LogP contribution in [0, 0.1) is 5.41 Å². The fraction of sp³-hybridized carbons (Fsp3) is 0.600. The summed E-state index contributed by atoms with van der Waals surface area (Å²) in [7, 11) is 0. The van der Waals surface area contributed by atoms with E-state index in [1.165, 1.54) is 23.3 Å². The van der Waals surface area contributed by atoms with Crippen molar-refractivity contribution < 1.29 is 5.11 Å². The maximum atomic E-state index is 9.21. The normalized spacial score (nSPS) is 16.8. The maximum Gasteiger partial charge on any atom is 0.0499 e. The zero-order valence-corrected chi connectivity index (χ0v) is 11.9. The summed E-state index contributed by atoms with van der Waals surface area (Å²) < 4.78 is 0. The zero-order chi connectivity index (χ0) is 12.8. The maximum absolute atomic E-state index is 9.21. The Morgan fingerprint density at radius 1 is 1.28 bits per heavy atom. The second-order valence-electron chi connectivity index (χ2n) is 5.16. The third-order valence-corrected chi connectivity index (χ3v) is 4.51. The average Bonchev–Trinajstić information content (AvgIpc) is 3.18. The van der Waals surface area contributed by atoms with Gasteiger partial charge in [0.15, 0.2) is 0 Å². The van der Waals surface area contributed by atoms with Crippen molar-refractivity contribution in [3.05, 3.63) is 29.8 Å². The predicted molar refractivity (Wildman–Crippen MR) is 78.2 cm³/mol. The Bertz CT molecular complexity index is 359. The molecule has 0 atom stereocenters. The van der Waals surface area contributed by atoms with Crippen molar-refractivity contribution in [2.75, 3.05) is 25.4 Å². The largest absolute Gasteiger partial charge is 0.396 e. The van der Waals surface area contributed by atoms with E-state index >= 15 is 0 Å². The molecule has 1 saturated carbocycles. The molecule has 0 heterocycles. The van der Waals surface area contributed by atoms with Gasteiger partial charge >= 0.3 is 0 Å². The van der Waals surface area contributed by atoms with Crippen LogP contribution in [0.4, 0.5) is 0 Å². The van der Waals surface area contributed by atoms with E-state index in [4.69, 9.17) is 0 Å². The Hall–Kier alpha value is -0.510. The molecule has 0 unspecified atom stereocenters. The van der Waals surface area contributed by atoms with Gasteiger partial charge in [-0.2, -0.15) is 0 Å². The Labute approximate surface area is 114 Å². The second-order valence-corrected chi connectivity index (χ2v) is 6.50. The number of aliphatic hydroxyl groups is 1. The van der Waals surface area contributed by atoms with Crippen LogP contribution in [0.25, 0.3) is 0 Å². The molecule has 0 aliphatic heterocycles. The second kappa shape index (κ2) is 6.60. The van der Waals surface area contributed by atoms with Crippen LogP contribution in [0.1, 0.15) is 25.3 Å². The van der Waals surface area contributed by atoms with Crippen molar-refractivity contribution >= 4 is 11.8 Å². The first kappa shape index (κ1) is 13.9. The highest BCUT2D eigenvalue weighted by molar-refractivity contribution is 7.99. The minimum atomic E-state index is 0.224. The van der Waals surface area contributed by atoms with Gasteiger partial charge in [0, 0.05) is 23.5 Å². The number of benzene rings is 1. The van der Waals surface area contributed by atoms with Crippen LogP contribution in [0.3, 0.4) is 0 Å². The third kappa shape index (κ3) is 4.01. The minimum Gasteiger partial charge on any atom is -0.396 e. The number of aliphatic hydroxyl groups excluding tert-OH is 1. The molecule has 1 aromatic rings. The molecule has 0 saturated heterocycles. The first-order valence-electron chi connectivity index (χ1n) is 6.81. The standard InChI is InChI=1S/C15H23NOS/c1-2-18-14-5-3-13(4-6-14)7-10-16-11-15(12-17)8-9-15/h3-6,16-17H,2,7-12H2,1H3. The summed E-state index contributed by atoms with van der Waals surface area (Å²) in [5, 5.41) is 12.7. The summed E-state index contributed by atoms with van der Waals surface area (Å²) >= 11 is 1.88. The van der Waals surface area contributed by atoms with E-state index in [1.807, 2.05) is 11.8 Å². The number of nitrogens with one attached hydrogen (secondary N) is 1. The highest BCUT2D eigenvalue weighted by Gasteiger charge is 2.41. The SMILES string of the molecule is CCSc1ccc(CCNCC2(CO)CC2)cc1. The van der Waals surface area contributed by atoms with Crippen molar-refractivity contribution in [2.24, 2.45) is 5.41 Å². The highest BCUT2D eigenvalue weighted by atomic mass is 32.2. The molecule has 0 aromatic heterocycles. The van der Waals surface area contributed by atoms with Gasteiger partial charge in [-0.1, -0.05) is 19.1 Å². The third-order valence-electron chi connectivity index (χ3n) is 3.62. The van der Waals surface area contributed by atoms with Gasteiger partial charge in [0.1, 0.15) is 0 Å². The molecule has 1 aliphatic rings. The predicted octanol–water partition coefficient (Wildman–Crippen LogP) is 2.70. The fourth-order valence-electron chi connectivity index (χ4n) is 2.07. The monoisotopic (exact) mass is 265 g/mol. The fourth-order valence-corrected chi connectivity index (χ4v) is 2.73. The molecule has 0 bridgehead atoms. The van der Waals surface area contributed by atoms with Crippen LogP contribution in [0.5, 0.6) is 0 Å². The van der Waals surface area contributed by atoms with Crippen LogP contribution in [-0.2, 0) is 6.42 Å². The summed E-state index contributed by atoms with van der Waals surface area (Å²) in [6.45, 7) is 4.48. The van der Waals surface area contributed by atoms with Crippen LogP contribution in [-0.4, -0.2) is 30.6 Å². The Kier molecular flexibility index (Phi) is 5.10. The van der Waals surface area contributed by atoms with Crippen molar-refractivity contribution in [1.29, 1.82) is 0 Å². The molecule has 3 heteroatoms. The van der Waals surface area contributed by atoms with E-state index in [-0.39, 0.29) is 5.41 Å². The van der Waals surface area contributed by atoms with Gasteiger partial charge in [-0.05, 0) is 49.3 Å². The summed E-state index contributed by atoms with van der Waals surface area (Å²) in [5.41, 5.74) is 1.61. The van der Waals surface area contributed by atoms with Crippen molar-refractivity contribution in [3.8, 4) is 0 Å². The quantitative estimate of drug-likeness (QED) is 0.560. The highest BCUT2D eigenvalue weighted by Crippen LogP contribution is 2.44. The minimum absolute atomic E-state index is 0.224. The molecule has 1 fully saturated rings. The van der Waals surface area contributed by atoms with Crippen LogP contribution >= 0.6 is 11.8 Å².